The standard InChI is InChI=1S/C19H34N4O/c1-14-6-4-5-7-18(14)22-10-8-17(9-11-22)20-19-15(2)16(3)21-23(19)12-13-24/h14,17-18,20,24H,4-13H2,1-3H3. The summed E-state index contributed by atoms with van der Waals surface area (Å²) in [6, 6.07) is 1.33. The first kappa shape index (κ1) is 17.7. The number of aryl methyl sites for hydroxylation is 1. The van der Waals surface area contributed by atoms with E-state index in [1.807, 2.05) is 11.6 Å². The average Bonchev–Trinajstić information content (AvgIpc) is 2.84. The highest BCUT2D eigenvalue weighted by Crippen LogP contribution is 2.30. The Morgan fingerprint density at radius 3 is 2.50 bits per heavy atom. The normalized spacial score (nSPS) is 26.7. The fourth-order valence-electron chi connectivity index (χ4n) is 4.52. The van der Waals surface area contributed by atoms with Gasteiger partial charge in [0.05, 0.1) is 18.8 Å². The summed E-state index contributed by atoms with van der Waals surface area (Å²) in [4.78, 5) is 2.74. The van der Waals surface area contributed by atoms with Gasteiger partial charge in [0.1, 0.15) is 5.82 Å². The molecule has 1 saturated carbocycles. The van der Waals surface area contributed by atoms with Gasteiger partial charge in [-0.25, -0.2) is 4.68 Å². The van der Waals surface area contributed by atoms with Crippen molar-refractivity contribution in [3.05, 3.63) is 11.3 Å². The first-order chi connectivity index (χ1) is 11.6. The lowest BCUT2D eigenvalue weighted by Crippen LogP contribution is -2.48. The van der Waals surface area contributed by atoms with Crippen molar-refractivity contribution in [1.82, 2.24) is 14.7 Å². The molecule has 2 fully saturated rings. The average molecular weight is 335 g/mol. The van der Waals surface area contributed by atoms with E-state index in [4.69, 9.17) is 0 Å². The van der Waals surface area contributed by atoms with Gasteiger partial charge in [-0.1, -0.05) is 19.8 Å². The molecule has 136 valence electrons. The van der Waals surface area contributed by atoms with Gasteiger partial charge in [0.25, 0.3) is 0 Å². The third kappa shape index (κ3) is 3.77. The lowest BCUT2D eigenvalue weighted by molar-refractivity contribution is 0.0886. The molecule has 2 atom stereocenters. The van der Waals surface area contributed by atoms with Gasteiger partial charge in [-0.2, -0.15) is 5.10 Å². The Hall–Kier alpha value is -1.07. The minimum Gasteiger partial charge on any atom is -0.394 e. The highest BCUT2D eigenvalue weighted by atomic mass is 16.3. The van der Waals surface area contributed by atoms with Crippen LogP contribution in [0.25, 0.3) is 0 Å². The smallest absolute Gasteiger partial charge is 0.127 e. The van der Waals surface area contributed by atoms with E-state index in [0.29, 0.717) is 12.6 Å². The third-order valence-electron chi connectivity index (χ3n) is 6.14. The predicted octanol–water partition coefficient (Wildman–Crippen LogP) is 2.95. The summed E-state index contributed by atoms with van der Waals surface area (Å²) < 4.78 is 1.93. The van der Waals surface area contributed by atoms with Crippen molar-refractivity contribution in [3.63, 3.8) is 0 Å². The van der Waals surface area contributed by atoms with E-state index in [1.165, 1.54) is 57.2 Å². The maximum Gasteiger partial charge on any atom is 0.127 e. The van der Waals surface area contributed by atoms with Crippen LogP contribution < -0.4 is 5.32 Å². The molecule has 0 aromatic carbocycles. The zero-order chi connectivity index (χ0) is 17.1. The second kappa shape index (κ2) is 7.87. The molecule has 1 aromatic rings. The van der Waals surface area contributed by atoms with Crippen LogP contribution in [0.15, 0.2) is 0 Å². The van der Waals surface area contributed by atoms with E-state index in [9.17, 15) is 5.11 Å². The fraction of sp³-hybridized carbons (Fsp3) is 0.842. The molecule has 0 bridgehead atoms. The molecule has 0 spiro atoms. The zero-order valence-corrected chi connectivity index (χ0v) is 15.6. The number of rotatable bonds is 5. The van der Waals surface area contributed by atoms with Crippen LogP contribution >= 0.6 is 0 Å². The first-order valence-corrected chi connectivity index (χ1v) is 9.75. The van der Waals surface area contributed by atoms with Gasteiger partial charge in [0.15, 0.2) is 0 Å². The number of aliphatic hydroxyl groups is 1. The summed E-state index contributed by atoms with van der Waals surface area (Å²) >= 11 is 0. The molecule has 2 unspecified atom stereocenters. The highest BCUT2D eigenvalue weighted by Gasteiger charge is 2.30. The van der Waals surface area contributed by atoms with Crippen molar-refractivity contribution in [2.75, 3.05) is 25.0 Å². The van der Waals surface area contributed by atoms with Crippen molar-refractivity contribution in [2.45, 2.75) is 77.9 Å². The van der Waals surface area contributed by atoms with E-state index in [1.54, 1.807) is 0 Å². The number of nitrogens with zero attached hydrogens (tertiary/aromatic N) is 3. The number of nitrogens with one attached hydrogen (secondary N) is 1. The van der Waals surface area contributed by atoms with Crippen LogP contribution in [0.3, 0.4) is 0 Å². The van der Waals surface area contributed by atoms with E-state index < -0.39 is 0 Å². The van der Waals surface area contributed by atoms with Crippen LogP contribution in [-0.2, 0) is 6.54 Å². The van der Waals surface area contributed by atoms with Gasteiger partial charge in [-0.15, -0.1) is 0 Å². The third-order valence-corrected chi connectivity index (χ3v) is 6.14. The molecular weight excluding hydrogens is 300 g/mol. The topological polar surface area (TPSA) is 53.3 Å². The summed E-state index contributed by atoms with van der Waals surface area (Å²) in [7, 11) is 0. The molecule has 5 heteroatoms. The number of hydrogen-bond acceptors (Lipinski definition) is 4. The Labute approximate surface area is 146 Å². The lowest BCUT2D eigenvalue weighted by atomic mass is 9.84. The molecule has 1 saturated heterocycles. The van der Waals surface area contributed by atoms with Gasteiger partial charge >= 0.3 is 0 Å². The largest absolute Gasteiger partial charge is 0.394 e. The Morgan fingerprint density at radius 1 is 1.12 bits per heavy atom. The molecule has 5 nitrogen and oxygen atoms in total. The molecule has 1 aliphatic heterocycles. The monoisotopic (exact) mass is 334 g/mol. The van der Waals surface area contributed by atoms with Gasteiger partial charge in [0.2, 0.25) is 0 Å². The van der Waals surface area contributed by atoms with Gasteiger partial charge < -0.3 is 10.4 Å². The lowest BCUT2D eigenvalue weighted by Gasteiger charge is -2.42. The van der Waals surface area contributed by atoms with Crippen molar-refractivity contribution in [3.8, 4) is 0 Å². The highest BCUT2D eigenvalue weighted by molar-refractivity contribution is 5.47. The van der Waals surface area contributed by atoms with Crippen LogP contribution in [0.5, 0.6) is 0 Å². The number of likely N-dealkylation sites (tertiary alicyclic amines) is 1. The molecule has 24 heavy (non-hydrogen) atoms. The molecule has 2 aliphatic rings. The maximum atomic E-state index is 9.26. The summed E-state index contributed by atoms with van der Waals surface area (Å²) in [6.45, 7) is 9.72. The van der Waals surface area contributed by atoms with Gasteiger partial charge in [-0.3, -0.25) is 4.90 Å². The molecule has 1 aliphatic carbocycles. The number of aromatic nitrogens is 2. The quantitative estimate of drug-likeness (QED) is 0.869. The minimum absolute atomic E-state index is 0.132. The Bertz CT molecular complexity index is 534. The molecule has 0 amide bonds. The Balaban J connectivity index is 1.57. The van der Waals surface area contributed by atoms with E-state index in [-0.39, 0.29) is 6.61 Å². The molecule has 0 radical (unpaired) electrons. The van der Waals surface area contributed by atoms with Crippen molar-refractivity contribution in [1.29, 1.82) is 0 Å². The van der Waals surface area contributed by atoms with E-state index in [2.05, 4.69) is 29.2 Å². The number of hydrogen-bond donors (Lipinski definition) is 2. The molecular formula is C19H34N4O. The summed E-state index contributed by atoms with van der Waals surface area (Å²) in [6.07, 6.45) is 8.02. The van der Waals surface area contributed by atoms with Crippen LogP contribution in [0, 0.1) is 19.8 Å². The fourth-order valence-corrected chi connectivity index (χ4v) is 4.52. The van der Waals surface area contributed by atoms with E-state index in [0.717, 1.165) is 23.5 Å². The number of aliphatic hydroxyl groups excluding tert-OH is 1. The minimum atomic E-state index is 0.132. The second-order valence-corrected chi connectivity index (χ2v) is 7.79. The maximum absolute atomic E-state index is 9.26. The van der Waals surface area contributed by atoms with Gasteiger partial charge in [-0.05, 0) is 45.4 Å². The first-order valence-electron chi connectivity index (χ1n) is 9.75. The summed E-state index contributed by atoms with van der Waals surface area (Å²) in [5.41, 5.74) is 2.27. The van der Waals surface area contributed by atoms with Crippen LogP contribution in [0.2, 0.25) is 0 Å². The summed E-state index contributed by atoms with van der Waals surface area (Å²) in [5, 5.41) is 17.5. The van der Waals surface area contributed by atoms with Crippen molar-refractivity contribution in [2.24, 2.45) is 5.92 Å². The zero-order valence-electron chi connectivity index (χ0n) is 15.6. The SMILES string of the molecule is Cc1nn(CCO)c(NC2CCN(C3CCCCC3C)CC2)c1C. The van der Waals surface area contributed by atoms with Crippen molar-refractivity contribution >= 4 is 5.82 Å². The Kier molecular flexibility index (Phi) is 5.82. The number of piperidine rings is 1. The van der Waals surface area contributed by atoms with Crippen LogP contribution in [0.1, 0.15) is 56.7 Å². The van der Waals surface area contributed by atoms with Crippen LogP contribution in [0.4, 0.5) is 5.82 Å². The summed E-state index contributed by atoms with van der Waals surface area (Å²) in [5.74, 6) is 1.96. The van der Waals surface area contributed by atoms with Gasteiger partial charge in [0, 0.05) is 30.7 Å². The van der Waals surface area contributed by atoms with Crippen LogP contribution in [-0.4, -0.2) is 51.6 Å². The van der Waals surface area contributed by atoms with Crippen molar-refractivity contribution < 1.29 is 5.11 Å². The second-order valence-electron chi connectivity index (χ2n) is 7.79. The Morgan fingerprint density at radius 2 is 1.83 bits per heavy atom. The predicted molar refractivity (Wildman–Crippen MR) is 98.4 cm³/mol. The van der Waals surface area contributed by atoms with E-state index >= 15 is 0 Å². The molecule has 2 N–H and O–H groups in total. The molecule has 2 heterocycles. The molecule has 3 rings (SSSR count). The molecule has 1 aromatic heterocycles. The number of anilines is 1.